The molecule has 1 heterocycles. The summed E-state index contributed by atoms with van der Waals surface area (Å²) in [7, 11) is 0. The van der Waals surface area contributed by atoms with Crippen molar-refractivity contribution in [3.8, 4) is 0 Å². The zero-order valence-corrected chi connectivity index (χ0v) is 12.6. The molecule has 5 heteroatoms. The number of halogens is 3. The third kappa shape index (κ3) is 3.37. The van der Waals surface area contributed by atoms with Gasteiger partial charge >= 0.3 is 0 Å². The quantitative estimate of drug-likeness (QED) is 0.740. The van der Waals surface area contributed by atoms with Crippen LogP contribution in [0.2, 0.25) is 15.1 Å². The van der Waals surface area contributed by atoms with Crippen LogP contribution in [0.15, 0.2) is 12.1 Å². The Morgan fingerprint density at radius 1 is 1.18 bits per heavy atom. The first-order valence-electron chi connectivity index (χ1n) is 5.60. The summed E-state index contributed by atoms with van der Waals surface area (Å²) in [5.41, 5.74) is 0.875. The van der Waals surface area contributed by atoms with Crippen molar-refractivity contribution in [2.45, 2.75) is 31.1 Å². The zero-order valence-electron chi connectivity index (χ0n) is 9.47. The van der Waals surface area contributed by atoms with Gasteiger partial charge in [-0.15, -0.1) is 0 Å². The molecule has 0 amide bonds. The van der Waals surface area contributed by atoms with Crippen LogP contribution in [0.25, 0.3) is 0 Å². The standard InChI is InChI=1S/C12H14Cl3NS/c1-7-11(3-2-4-17-7)16-12-6-9(14)8(13)5-10(12)15/h5-7,11,16H,2-4H2,1H3. The smallest absolute Gasteiger partial charge is 0.0653 e. The third-order valence-electron chi connectivity index (χ3n) is 2.96. The largest absolute Gasteiger partial charge is 0.380 e. The van der Waals surface area contributed by atoms with Gasteiger partial charge in [0, 0.05) is 11.3 Å². The predicted molar refractivity (Wildman–Crippen MR) is 80.0 cm³/mol. The maximum atomic E-state index is 6.16. The Morgan fingerprint density at radius 2 is 1.88 bits per heavy atom. The highest BCUT2D eigenvalue weighted by Gasteiger charge is 2.22. The molecule has 0 saturated carbocycles. The van der Waals surface area contributed by atoms with E-state index < -0.39 is 0 Å². The Morgan fingerprint density at radius 3 is 2.59 bits per heavy atom. The fourth-order valence-corrected chi connectivity index (χ4v) is 3.69. The molecule has 2 unspecified atom stereocenters. The molecule has 2 atom stereocenters. The molecule has 0 aromatic heterocycles. The molecular formula is C12H14Cl3NS. The molecule has 0 bridgehead atoms. The van der Waals surface area contributed by atoms with E-state index in [1.54, 1.807) is 12.1 Å². The van der Waals surface area contributed by atoms with Crippen LogP contribution in [0.4, 0.5) is 5.69 Å². The average Bonchev–Trinajstić information content (AvgIpc) is 2.29. The first kappa shape index (κ1) is 13.7. The number of hydrogen-bond donors (Lipinski definition) is 1. The maximum Gasteiger partial charge on any atom is 0.0653 e. The minimum absolute atomic E-state index is 0.448. The highest BCUT2D eigenvalue weighted by molar-refractivity contribution is 8.00. The first-order valence-corrected chi connectivity index (χ1v) is 7.79. The summed E-state index contributed by atoms with van der Waals surface area (Å²) < 4.78 is 0. The highest BCUT2D eigenvalue weighted by Crippen LogP contribution is 2.35. The Kier molecular flexibility index (Phi) is 4.76. The molecule has 0 radical (unpaired) electrons. The molecule has 1 saturated heterocycles. The molecule has 1 nitrogen and oxygen atoms in total. The van der Waals surface area contributed by atoms with Gasteiger partial charge in [-0.3, -0.25) is 0 Å². The van der Waals surface area contributed by atoms with Crippen LogP contribution < -0.4 is 5.32 Å². The van der Waals surface area contributed by atoms with Crippen LogP contribution in [-0.2, 0) is 0 Å². The van der Waals surface area contributed by atoms with Gasteiger partial charge in [-0.25, -0.2) is 0 Å². The molecule has 1 aromatic rings. The van der Waals surface area contributed by atoms with E-state index in [9.17, 15) is 0 Å². The van der Waals surface area contributed by atoms with E-state index in [0.717, 1.165) is 5.69 Å². The molecule has 94 valence electrons. The molecule has 1 N–H and O–H groups in total. The number of hydrogen-bond acceptors (Lipinski definition) is 2. The maximum absolute atomic E-state index is 6.16. The van der Waals surface area contributed by atoms with Crippen molar-refractivity contribution < 1.29 is 0 Å². The molecule has 1 aromatic carbocycles. The van der Waals surface area contributed by atoms with Gasteiger partial charge in [-0.1, -0.05) is 41.7 Å². The second-order valence-corrected chi connectivity index (χ2v) is 6.92. The number of benzene rings is 1. The molecule has 1 aliphatic rings. The van der Waals surface area contributed by atoms with E-state index in [1.807, 2.05) is 11.8 Å². The molecule has 0 aliphatic carbocycles. The van der Waals surface area contributed by atoms with Gasteiger partial charge in [0.2, 0.25) is 0 Å². The lowest BCUT2D eigenvalue weighted by molar-refractivity contribution is 0.617. The van der Waals surface area contributed by atoms with Gasteiger partial charge < -0.3 is 5.32 Å². The molecule has 1 aliphatic heterocycles. The summed E-state index contributed by atoms with van der Waals surface area (Å²) in [4.78, 5) is 0. The van der Waals surface area contributed by atoms with Gasteiger partial charge in [0.1, 0.15) is 0 Å². The third-order valence-corrected chi connectivity index (χ3v) is 5.37. The van der Waals surface area contributed by atoms with Crippen molar-refractivity contribution in [1.29, 1.82) is 0 Å². The van der Waals surface area contributed by atoms with E-state index in [2.05, 4.69) is 12.2 Å². The minimum Gasteiger partial charge on any atom is -0.380 e. The molecule has 0 spiro atoms. The van der Waals surface area contributed by atoms with Gasteiger partial charge in [-0.2, -0.15) is 11.8 Å². The first-order chi connectivity index (χ1) is 8.08. The Labute approximate surface area is 121 Å². The summed E-state index contributed by atoms with van der Waals surface area (Å²) in [6.07, 6.45) is 2.41. The van der Waals surface area contributed by atoms with Crippen LogP contribution >= 0.6 is 46.6 Å². The molecular weight excluding hydrogens is 297 g/mol. The highest BCUT2D eigenvalue weighted by atomic mass is 35.5. The number of thioether (sulfide) groups is 1. The molecule has 1 fully saturated rings. The van der Waals surface area contributed by atoms with Gasteiger partial charge in [0.25, 0.3) is 0 Å². The minimum atomic E-state index is 0.448. The van der Waals surface area contributed by atoms with Gasteiger partial charge in [0.15, 0.2) is 0 Å². The Hall–Kier alpha value is 0.240. The predicted octanol–water partition coefficient (Wildman–Crippen LogP) is 5.34. The second kappa shape index (κ2) is 5.92. The fourth-order valence-electron chi connectivity index (χ4n) is 1.95. The van der Waals surface area contributed by atoms with Crippen molar-refractivity contribution in [2.24, 2.45) is 0 Å². The number of rotatable bonds is 2. The van der Waals surface area contributed by atoms with Crippen LogP contribution in [0.1, 0.15) is 19.8 Å². The lowest BCUT2D eigenvalue weighted by atomic mass is 10.1. The summed E-state index contributed by atoms with van der Waals surface area (Å²) in [6.45, 7) is 2.24. The SMILES string of the molecule is CC1SCCCC1Nc1cc(Cl)c(Cl)cc1Cl. The van der Waals surface area contributed by atoms with Crippen molar-refractivity contribution in [2.75, 3.05) is 11.1 Å². The van der Waals surface area contributed by atoms with Crippen molar-refractivity contribution >= 4 is 52.3 Å². The van der Waals surface area contributed by atoms with E-state index in [1.165, 1.54) is 18.6 Å². The number of anilines is 1. The van der Waals surface area contributed by atoms with Gasteiger partial charge in [0.05, 0.1) is 20.8 Å². The zero-order chi connectivity index (χ0) is 12.4. The van der Waals surface area contributed by atoms with E-state index in [0.29, 0.717) is 26.4 Å². The van der Waals surface area contributed by atoms with E-state index in [-0.39, 0.29) is 0 Å². The van der Waals surface area contributed by atoms with Crippen LogP contribution in [-0.4, -0.2) is 17.0 Å². The summed E-state index contributed by atoms with van der Waals surface area (Å²) in [5, 5.41) is 5.72. The van der Waals surface area contributed by atoms with E-state index in [4.69, 9.17) is 34.8 Å². The Bertz CT molecular complexity index is 411. The second-order valence-electron chi connectivity index (χ2n) is 4.22. The van der Waals surface area contributed by atoms with Crippen molar-refractivity contribution in [3.05, 3.63) is 27.2 Å². The molecule has 17 heavy (non-hydrogen) atoms. The summed E-state index contributed by atoms with van der Waals surface area (Å²) in [5.74, 6) is 1.24. The topological polar surface area (TPSA) is 12.0 Å². The molecule has 2 rings (SSSR count). The average molecular weight is 311 g/mol. The fraction of sp³-hybridized carbons (Fsp3) is 0.500. The van der Waals surface area contributed by atoms with Crippen LogP contribution in [0.5, 0.6) is 0 Å². The summed E-state index contributed by atoms with van der Waals surface area (Å²) in [6, 6.07) is 3.94. The number of nitrogens with one attached hydrogen (secondary N) is 1. The Balaban J connectivity index is 2.15. The summed E-state index contributed by atoms with van der Waals surface area (Å²) >= 11 is 20.1. The lowest BCUT2D eigenvalue weighted by Gasteiger charge is -2.30. The normalized spacial score (nSPS) is 24.7. The van der Waals surface area contributed by atoms with Crippen LogP contribution in [0, 0.1) is 0 Å². The van der Waals surface area contributed by atoms with Crippen molar-refractivity contribution in [1.82, 2.24) is 0 Å². The lowest BCUT2D eigenvalue weighted by Crippen LogP contribution is -2.32. The monoisotopic (exact) mass is 309 g/mol. The van der Waals surface area contributed by atoms with E-state index >= 15 is 0 Å². The van der Waals surface area contributed by atoms with Crippen LogP contribution in [0.3, 0.4) is 0 Å². The van der Waals surface area contributed by atoms with Gasteiger partial charge in [-0.05, 0) is 30.7 Å². The van der Waals surface area contributed by atoms with Crippen molar-refractivity contribution in [3.63, 3.8) is 0 Å².